The van der Waals surface area contributed by atoms with Crippen LogP contribution in [0, 0.1) is 20.8 Å². The molecule has 2 amide bonds. The molecule has 2 fully saturated rings. The van der Waals surface area contributed by atoms with Crippen LogP contribution in [0.15, 0.2) is 115 Å². The quantitative estimate of drug-likeness (QED) is 0.0779. The third-order valence-electron chi connectivity index (χ3n) is 12.4. The van der Waals surface area contributed by atoms with Crippen LogP contribution in [0.5, 0.6) is 0 Å². The van der Waals surface area contributed by atoms with E-state index in [1.54, 1.807) is 69.2 Å². The topological polar surface area (TPSA) is 231 Å². The third-order valence-corrected chi connectivity index (χ3v) is 14.6. The summed E-state index contributed by atoms with van der Waals surface area (Å²) < 4.78 is 9.49. The number of thioether (sulfide) groups is 1. The number of thiol groups is 1. The average Bonchev–Trinajstić information content (AvgIpc) is 4.17. The number of carboxylic acid groups (broad SMARTS) is 1. The number of nitrogens with zero attached hydrogens (tertiary/aromatic N) is 11. The average molecular weight is 1110 g/mol. The molecule has 0 unspecified atom stereocenters. The van der Waals surface area contributed by atoms with E-state index in [9.17, 15) is 24.0 Å². The molecule has 0 saturated carbocycles. The normalized spacial score (nSPS) is 16.8. The van der Waals surface area contributed by atoms with Gasteiger partial charge in [-0.25, -0.2) is 29.3 Å². The summed E-state index contributed by atoms with van der Waals surface area (Å²) >= 11 is 17.3. The fourth-order valence-electron chi connectivity index (χ4n) is 8.26. The Kier molecular flexibility index (Phi) is 21.0. The fourth-order valence-corrected chi connectivity index (χ4v) is 10.4. The van der Waals surface area contributed by atoms with Crippen molar-refractivity contribution >= 4 is 77.3 Å². The first-order valence-electron chi connectivity index (χ1n) is 23.9. The number of aromatic carboxylic acids is 1. The van der Waals surface area contributed by atoms with Gasteiger partial charge in [-0.05, 0) is 119 Å². The van der Waals surface area contributed by atoms with Gasteiger partial charge in [0.2, 0.25) is 0 Å². The smallest absolute Gasteiger partial charge is 0.341 e. The summed E-state index contributed by atoms with van der Waals surface area (Å²) in [6.45, 7) is 10.7. The number of pyridine rings is 3. The molecule has 4 atom stereocenters. The van der Waals surface area contributed by atoms with Crippen LogP contribution >= 0.6 is 47.6 Å². The molecule has 0 radical (unpaired) electrons. The minimum Gasteiger partial charge on any atom is -0.478 e. The first-order chi connectivity index (χ1) is 36.4. The van der Waals surface area contributed by atoms with Crippen LogP contribution in [-0.2, 0) is 9.47 Å². The summed E-state index contributed by atoms with van der Waals surface area (Å²) in [6, 6.07) is 20.3. The number of carbonyl (C=O) groups is 5. The molecule has 398 valence electrons. The Morgan fingerprint density at radius 3 is 1.46 bits per heavy atom. The van der Waals surface area contributed by atoms with Crippen molar-refractivity contribution < 1.29 is 38.6 Å². The van der Waals surface area contributed by atoms with Crippen LogP contribution < -0.4 is 0 Å². The van der Waals surface area contributed by atoms with Crippen LogP contribution in [0.25, 0.3) is 11.4 Å². The lowest BCUT2D eigenvalue weighted by molar-refractivity contribution is 0.0587. The van der Waals surface area contributed by atoms with Gasteiger partial charge in [-0.2, -0.15) is 42.6 Å². The number of rotatable bonds is 9. The predicted octanol–water partition coefficient (Wildman–Crippen LogP) is 9.30. The van der Waals surface area contributed by atoms with Gasteiger partial charge in [0.1, 0.15) is 15.3 Å². The zero-order chi connectivity index (χ0) is 55.1. The number of esters is 2. The highest BCUT2D eigenvalue weighted by Crippen LogP contribution is 2.35. The van der Waals surface area contributed by atoms with Gasteiger partial charge in [0.15, 0.2) is 0 Å². The first kappa shape index (κ1) is 58.1. The molecular formula is C53H57Cl2N11O8S2. The van der Waals surface area contributed by atoms with Crippen molar-refractivity contribution in [2.45, 2.75) is 87.9 Å². The Balaban J connectivity index is 0.000000182. The molecule has 76 heavy (non-hydrogen) atoms. The van der Waals surface area contributed by atoms with Crippen LogP contribution in [0.2, 0.25) is 10.3 Å². The van der Waals surface area contributed by atoms with E-state index in [2.05, 4.69) is 66.6 Å². The van der Waals surface area contributed by atoms with Crippen molar-refractivity contribution in [1.29, 1.82) is 0 Å². The number of hydrogen-bond donors (Lipinski definition) is 2. The number of halogens is 2. The lowest BCUT2D eigenvalue weighted by atomic mass is 10.0. The van der Waals surface area contributed by atoms with E-state index in [0.717, 1.165) is 36.8 Å². The standard InChI is InChI=1S/C23H25N5O3S.C15H18N4OS.C8H8ClNO2.C7H6ClNO2/c1-15-10-11-24-21(20(15)23(30)31-3)32-17-9-8-16(2)27(14-17)22(29)18-6-4-5-7-19(18)28-25-12-13-26-28;1-11-6-7-12(21)10-18(11)15(20)13-4-2-3-5-14(13)19-16-8-9-17-19;1-5-3-4-10-7(9)6(5)8(11)12-2;1-4-2-3-9-6(8)5(4)7(10)11/h4-7,10-13,16-17H,8-9,14H2,1-3H3;2-5,8-9,11-12,21H,6-7,10H2,1H3;3-4H,1-2H3;2-3H,1H3,(H,10,11)/t16-,17-;11-,12-;;/m11../s1. The van der Waals surface area contributed by atoms with Gasteiger partial charge < -0.3 is 24.4 Å². The second kappa shape index (κ2) is 27.5. The number of para-hydroxylation sites is 2. The zero-order valence-corrected chi connectivity index (χ0v) is 46.0. The van der Waals surface area contributed by atoms with Gasteiger partial charge in [-0.15, -0.1) is 11.8 Å². The molecular weight excluding hydrogens is 1050 g/mol. The highest BCUT2D eigenvalue weighted by atomic mass is 35.5. The number of hydrogen-bond acceptors (Lipinski definition) is 16. The number of methoxy groups -OCH3 is 2. The van der Waals surface area contributed by atoms with E-state index in [0.29, 0.717) is 57.3 Å². The van der Waals surface area contributed by atoms with Crippen molar-refractivity contribution in [3.05, 3.63) is 165 Å². The lowest BCUT2D eigenvalue weighted by Gasteiger charge is -2.38. The summed E-state index contributed by atoms with van der Waals surface area (Å²) in [5.74, 6) is -1.92. The van der Waals surface area contributed by atoms with Gasteiger partial charge in [0.05, 0.1) is 78.2 Å². The monoisotopic (exact) mass is 1110 g/mol. The number of benzene rings is 2. The van der Waals surface area contributed by atoms with Crippen LogP contribution in [-0.4, -0.2) is 139 Å². The Hall–Kier alpha value is -7.20. The molecule has 7 heterocycles. The van der Waals surface area contributed by atoms with E-state index >= 15 is 0 Å². The fraction of sp³-hybridized carbons (Fsp3) is 0.321. The molecule has 19 nitrogen and oxygen atoms in total. The molecule has 23 heteroatoms. The highest BCUT2D eigenvalue weighted by Gasteiger charge is 2.33. The zero-order valence-electron chi connectivity index (χ0n) is 42.8. The molecule has 2 aliphatic rings. The summed E-state index contributed by atoms with van der Waals surface area (Å²) in [5.41, 5.74) is 5.67. The summed E-state index contributed by atoms with van der Waals surface area (Å²) in [5, 5.41) is 26.5. The third kappa shape index (κ3) is 14.6. The SMILES string of the molecule is COC(=O)c1c(C)ccnc1Cl.COC(=O)c1c(C)ccnc1S[C@@H]1CC[C@@H](C)N(C(=O)c2ccccc2-n2nccn2)C1.C[C@@H]1CC[C@@H](S)CN1C(=O)c1ccccc1-n1nccn1.Cc1ccnc(Cl)c1C(=O)O. The molecule has 2 aromatic carbocycles. The maximum absolute atomic E-state index is 13.6. The molecule has 5 aromatic heterocycles. The number of likely N-dealkylation sites (tertiary alicyclic amines) is 2. The minimum atomic E-state index is -1.04. The van der Waals surface area contributed by atoms with Crippen LogP contribution in [0.3, 0.4) is 0 Å². The molecule has 0 aliphatic carbocycles. The van der Waals surface area contributed by atoms with Crippen molar-refractivity contribution in [3.63, 3.8) is 0 Å². The van der Waals surface area contributed by atoms with E-state index in [1.165, 1.54) is 41.8 Å². The van der Waals surface area contributed by atoms with Crippen molar-refractivity contribution in [1.82, 2.24) is 54.7 Å². The Labute approximate surface area is 459 Å². The maximum atomic E-state index is 13.6. The maximum Gasteiger partial charge on any atom is 0.341 e. The molecule has 2 aliphatic heterocycles. The van der Waals surface area contributed by atoms with Crippen LogP contribution in [0.1, 0.15) is 108 Å². The second-order valence-electron chi connectivity index (χ2n) is 17.5. The van der Waals surface area contributed by atoms with Gasteiger partial charge in [-0.3, -0.25) is 9.59 Å². The van der Waals surface area contributed by atoms with E-state index in [1.807, 2.05) is 65.3 Å². The summed E-state index contributed by atoms with van der Waals surface area (Å²) in [7, 11) is 2.68. The Morgan fingerprint density at radius 2 is 1.00 bits per heavy atom. The van der Waals surface area contributed by atoms with Crippen molar-refractivity contribution in [3.8, 4) is 11.4 Å². The number of piperidine rings is 2. The number of amides is 2. The highest BCUT2D eigenvalue weighted by molar-refractivity contribution is 8.00. The van der Waals surface area contributed by atoms with E-state index in [-0.39, 0.29) is 50.3 Å². The molecule has 0 bridgehead atoms. The van der Waals surface area contributed by atoms with Gasteiger partial charge in [-0.1, -0.05) is 47.5 Å². The Morgan fingerprint density at radius 1 is 0.579 bits per heavy atom. The number of aryl methyl sites for hydroxylation is 3. The molecule has 2 saturated heterocycles. The number of aromatic nitrogens is 9. The van der Waals surface area contributed by atoms with E-state index in [4.69, 9.17) is 33.0 Å². The van der Waals surface area contributed by atoms with E-state index < -0.39 is 17.9 Å². The molecule has 1 N–H and O–H groups in total. The number of carbonyl (C=O) groups excluding carboxylic acids is 4. The van der Waals surface area contributed by atoms with Crippen molar-refractivity contribution in [2.24, 2.45) is 0 Å². The lowest BCUT2D eigenvalue weighted by Crippen LogP contribution is -2.47. The largest absolute Gasteiger partial charge is 0.478 e. The first-order valence-corrected chi connectivity index (χ1v) is 26.1. The van der Waals surface area contributed by atoms with Crippen molar-refractivity contribution in [2.75, 3.05) is 27.3 Å². The second-order valence-corrected chi connectivity index (χ2v) is 20.3. The van der Waals surface area contributed by atoms with Crippen LogP contribution in [0.4, 0.5) is 0 Å². The summed E-state index contributed by atoms with van der Waals surface area (Å²) in [4.78, 5) is 79.0. The van der Waals surface area contributed by atoms with Gasteiger partial charge >= 0.3 is 17.9 Å². The number of carboxylic acids is 1. The molecule has 9 rings (SSSR count). The van der Waals surface area contributed by atoms with Gasteiger partial charge in [0.25, 0.3) is 11.8 Å². The summed E-state index contributed by atoms with van der Waals surface area (Å²) in [6.07, 6.45) is 14.9. The predicted molar refractivity (Wildman–Crippen MR) is 291 cm³/mol. The molecule has 7 aromatic rings. The molecule has 0 spiro atoms. The minimum absolute atomic E-state index is 0.0224. The number of ether oxygens (including phenoxy) is 2. The van der Waals surface area contributed by atoms with Gasteiger partial charge in [0, 0.05) is 54.3 Å². The Bertz CT molecular complexity index is 3090.